The van der Waals surface area contributed by atoms with Gasteiger partial charge in [-0.1, -0.05) is 26.2 Å². The first kappa shape index (κ1) is 13.3. The molecule has 3 heteroatoms. The van der Waals surface area contributed by atoms with Crippen LogP contribution in [0.25, 0.3) is 0 Å². The number of aliphatic hydroxyl groups is 1. The van der Waals surface area contributed by atoms with Crippen LogP contribution >= 0.6 is 0 Å². The fourth-order valence-corrected chi connectivity index (χ4v) is 2.66. The lowest BCUT2D eigenvalue weighted by Crippen LogP contribution is -2.34. The first-order valence-corrected chi connectivity index (χ1v) is 7.31. The summed E-state index contributed by atoms with van der Waals surface area (Å²) in [6.45, 7) is 3.46. The number of aliphatic hydroxyl groups excluding tert-OH is 1. The van der Waals surface area contributed by atoms with Crippen LogP contribution in [-0.4, -0.2) is 36.5 Å². The van der Waals surface area contributed by atoms with Crippen molar-refractivity contribution in [3.63, 3.8) is 0 Å². The monoisotopic (exact) mass is 241 g/mol. The molecule has 0 radical (unpaired) electrons. The number of hydrogen-bond donors (Lipinski definition) is 2. The fraction of sp³-hybridized carbons (Fsp3) is 1.00. The Hall–Kier alpha value is -0.120. The molecule has 0 aromatic carbocycles. The van der Waals surface area contributed by atoms with Gasteiger partial charge < -0.3 is 15.2 Å². The van der Waals surface area contributed by atoms with Crippen LogP contribution < -0.4 is 5.32 Å². The molecule has 17 heavy (non-hydrogen) atoms. The Morgan fingerprint density at radius 2 is 2.12 bits per heavy atom. The van der Waals surface area contributed by atoms with E-state index < -0.39 is 0 Å². The standard InChI is InChI=1S/C14H27NO2/c1-2-11-4-3-5-14(8-11)17-10-13(16)9-15-12-6-7-12/h11-16H,2-10H2,1H3. The van der Waals surface area contributed by atoms with Crippen LogP contribution in [0.5, 0.6) is 0 Å². The van der Waals surface area contributed by atoms with Gasteiger partial charge in [-0.25, -0.2) is 0 Å². The van der Waals surface area contributed by atoms with E-state index in [2.05, 4.69) is 12.2 Å². The van der Waals surface area contributed by atoms with Crippen molar-refractivity contribution in [1.29, 1.82) is 0 Å². The average Bonchev–Trinajstić information content (AvgIpc) is 3.18. The van der Waals surface area contributed by atoms with Crippen molar-refractivity contribution < 1.29 is 9.84 Å². The second-order valence-corrected chi connectivity index (χ2v) is 5.73. The van der Waals surface area contributed by atoms with Crippen LogP contribution in [0.3, 0.4) is 0 Å². The van der Waals surface area contributed by atoms with Gasteiger partial charge in [0.1, 0.15) is 0 Å². The molecule has 3 nitrogen and oxygen atoms in total. The van der Waals surface area contributed by atoms with Crippen molar-refractivity contribution in [2.75, 3.05) is 13.2 Å². The highest BCUT2D eigenvalue weighted by Gasteiger charge is 2.23. The Balaban J connectivity index is 1.56. The molecule has 100 valence electrons. The van der Waals surface area contributed by atoms with Crippen LogP contribution in [-0.2, 0) is 4.74 Å². The molecule has 3 unspecified atom stereocenters. The van der Waals surface area contributed by atoms with Gasteiger partial charge in [0.2, 0.25) is 0 Å². The van der Waals surface area contributed by atoms with E-state index in [9.17, 15) is 5.11 Å². The fourth-order valence-electron chi connectivity index (χ4n) is 2.66. The van der Waals surface area contributed by atoms with Crippen molar-refractivity contribution in [2.45, 2.75) is 70.1 Å². The Kier molecular flexibility index (Phi) is 5.26. The smallest absolute Gasteiger partial charge is 0.0897 e. The van der Waals surface area contributed by atoms with E-state index >= 15 is 0 Å². The van der Waals surface area contributed by atoms with Gasteiger partial charge in [0.05, 0.1) is 18.8 Å². The number of rotatable bonds is 7. The van der Waals surface area contributed by atoms with E-state index in [4.69, 9.17) is 4.74 Å². The largest absolute Gasteiger partial charge is 0.389 e. The third kappa shape index (κ3) is 4.94. The molecule has 2 fully saturated rings. The predicted molar refractivity (Wildman–Crippen MR) is 69.0 cm³/mol. The summed E-state index contributed by atoms with van der Waals surface area (Å²) in [5.74, 6) is 0.843. The first-order valence-electron chi connectivity index (χ1n) is 7.31. The van der Waals surface area contributed by atoms with Crippen LogP contribution in [0.15, 0.2) is 0 Å². The van der Waals surface area contributed by atoms with Gasteiger partial charge in [0.25, 0.3) is 0 Å². The molecular weight excluding hydrogens is 214 g/mol. The van der Waals surface area contributed by atoms with Crippen LogP contribution in [0.2, 0.25) is 0 Å². The number of hydrogen-bond acceptors (Lipinski definition) is 3. The van der Waals surface area contributed by atoms with Gasteiger partial charge in [-0.05, 0) is 31.6 Å². The van der Waals surface area contributed by atoms with E-state index in [0.29, 0.717) is 25.3 Å². The third-order valence-corrected chi connectivity index (χ3v) is 4.06. The zero-order chi connectivity index (χ0) is 12.1. The lowest BCUT2D eigenvalue weighted by Gasteiger charge is -2.29. The minimum Gasteiger partial charge on any atom is -0.389 e. The minimum atomic E-state index is -0.336. The molecule has 0 heterocycles. The van der Waals surface area contributed by atoms with Crippen LogP contribution in [0.1, 0.15) is 51.9 Å². The van der Waals surface area contributed by atoms with Crippen molar-refractivity contribution >= 4 is 0 Å². The molecule has 0 aliphatic heterocycles. The maximum absolute atomic E-state index is 9.79. The molecule has 2 saturated carbocycles. The molecular formula is C14H27NO2. The second-order valence-electron chi connectivity index (χ2n) is 5.73. The predicted octanol–water partition coefficient (Wildman–Crippen LogP) is 2.08. The molecule has 2 N–H and O–H groups in total. The van der Waals surface area contributed by atoms with Crippen molar-refractivity contribution in [3.05, 3.63) is 0 Å². The molecule has 0 saturated heterocycles. The zero-order valence-corrected chi connectivity index (χ0v) is 11.0. The van der Waals surface area contributed by atoms with Gasteiger partial charge in [0.15, 0.2) is 0 Å². The molecule has 0 aromatic rings. The van der Waals surface area contributed by atoms with Crippen LogP contribution in [0, 0.1) is 5.92 Å². The Morgan fingerprint density at radius 3 is 2.82 bits per heavy atom. The summed E-state index contributed by atoms with van der Waals surface area (Å²) >= 11 is 0. The molecule has 2 aliphatic rings. The van der Waals surface area contributed by atoms with Gasteiger partial charge in [-0.2, -0.15) is 0 Å². The Bertz CT molecular complexity index is 218. The molecule has 2 rings (SSSR count). The summed E-state index contributed by atoms with van der Waals surface area (Å²) in [5.41, 5.74) is 0. The number of ether oxygens (including phenoxy) is 1. The molecule has 0 aromatic heterocycles. The second kappa shape index (κ2) is 6.72. The van der Waals surface area contributed by atoms with Crippen molar-refractivity contribution in [3.8, 4) is 0 Å². The SMILES string of the molecule is CCC1CCCC(OCC(O)CNC2CC2)C1. The molecule has 2 aliphatic carbocycles. The molecule has 0 amide bonds. The highest BCUT2D eigenvalue weighted by molar-refractivity contribution is 4.82. The summed E-state index contributed by atoms with van der Waals surface area (Å²) in [4.78, 5) is 0. The first-order chi connectivity index (χ1) is 8.28. The van der Waals surface area contributed by atoms with E-state index in [1.54, 1.807) is 0 Å². The van der Waals surface area contributed by atoms with Gasteiger partial charge >= 0.3 is 0 Å². The topological polar surface area (TPSA) is 41.5 Å². The Morgan fingerprint density at radius 1 is 1.29 bits per heavy atom. The van der Waals surface area contributed by atoms with Gasteiger partial charge in [-0.3, -0.25) is 0 Å². The minimum absolute atomic E-state index is 0.336. The highest BCUT2D eigenvalue weighted by Crippen LogP contribution is 2.28. The third-order valence-electron chi connectivity index (χ3n) is 4.06. The molecule has 0 spiro atoms. The average molecular weight is 241 g/mol. The molecule has 3 atom stereocenters. The van der Waals surface area contributed by atoms with Crippen molar-refractivity contribution in [1.82, 2.24) is 5.32 Å². The summed E-state index contributed by atoms with van der Waals surface area (Å²) < 4.78 is 5.84. The van der Waals surface area contributed by atoms with Crippen molar-refractivity contribution in [2.24, 2.45) is 5.92 Å². The molecule has 0 bridgehead atoms. The lowest BCUT2D eigenvalue weighted by molar-refractivity contribution is -0.0324. The van der Waals surface area contributed by atoms with Gasteiger partial charge in [-0.15, -0.1) is 0 Å². The van der Waals surface area contributed by atoms with E-state index in [1.807, 2.05) is 0 Å². The van der Waals surface area contributed by atoms with E-state index in [-0.39, 0.29) is 6.10 Å². The highest BCUT2D eigenvalue weighted by atomic mass is 16.5. The summed E-state index contributed by atoms with van der Waals surface area (Å²) in [7, 11) is 0. The van der Waals surface area contributed by atoms with Gasteiger partial charge in [0, 0.05) is 12.6 Å². The lowest BCUT2D eigenvalue weighted by atomic mass is 9.85. The Labute approximate surface area is 105 Å². The normalized spacial score (nSPS) is 31.4. The van der Waals surface area contributed by atoms with E-state index in [1.165, 1.54) is 44.9 Å². The summed E-state index contributed by atoms with van der Waals surface area (Å²) in [5, 5.41) is 13.1. The number of nitrogens with one attached hydrogen (secondary N) is 1. The maximum atomic E-state index is 9.79. The van der Waals surface area contributed by atoms with E-state index in [0.717, 1.165) is 5.92 Å². The van der Waals surface area contributed by atoms with Crippen LogP contribution in [0.4, 0.5) is 0 Å². The summed E-state index contributed by atoms with van der Waals surface area (Å²) in [6.07, 6.45) is 8.90. The maximum Gasteiger partial charge on any atom is 0.0897 e. The summed E-state index contributed by atoms with van der Waals surface area (Å²) in [6, 6.07) is 0.670. The zero-order valence-electron chi connectivity index (χ0n) is 11.0. The quantitative estimate of drug-likeness (QED) is 0.717.